The molecule has 11 nitrogen and oxygen atoms in total. The third kappa shape index (κ3) is 9.04. The van der Waals surface area contributed by atoms with Gasteiger partial charge >= 0.3 is 12.0 Å². The summed E-state index contributed by atoms with van der Waals surface area (Å²) in [5.74, 6) is 0.463. The number of ether oxygens (including phenoxy) is 4. The molecule has 0 bridgehead atoms. The lowest BCUT2D eigenvalue weighted by Gasteiger charge is -2.28. The first-order chi connectivity index (χ1) is 21.6. The van der Waals surface area contributed by atoms with Crippen molar-refractivity contribution < 1.29 is 33.6 Å². The highest BCUT2D eigenvalue weighted by Crippen LogP contribution is 2.36. The normalized spacial score (nSPS) is 15.3. The molecule has 3 aromatic rings. The number of urea groups is 1. The van der Waals surface area contributed by atoms with Crippen LogP contribution < -0.4 is 30.3 Å². The summed E-state index contributed by atoms with van der Waals surface area (Å²) in [4.78, 5) is 24.6. The lowest BCUT2D eigenvalue weighted by atomic mass is 9.95. The van der Waals surface area contributed by atoms with Crippen LogP contribution in [0.5, 0.6) is 17.2 Å². The topological polar surface area (TPSA) is 140 Å². The summed E-state index contributed by atoms with van der Waals surface area (Å²) in [6.45, 7) is 3.85. The van der Waals surface area contributed by atoms with Crippen molar-refractivity contribution in [1.29, 1.82) is 0 Å². The predicted molar refractivity (Wildman–Crippen MR) is 174 cm³/mol. The molecule has 2 amide bonds. The molecule has 0 unspecified atom stereocenters. The Kier molecular flexibility index (Phi) is 11.9. The van der Waals surface area contributed by atoms with Gasteiger partial charge in [-0.2, -0.15) is 5.10 Å². The van der Waals surface area contributed by atoms with Gasteiger partial charge in [0.2, 0.25) is 0 Å². The van der Waals surface area contributed by atoms with Crippen LogP contribution in [0.1, 0.15) is 36.6 Å². The third-order valence-corrected chi connectivity index (χ3v) is 7.52. The van der Waals surface area contributed by atoms with Gasteiger partial charge in [-0.1, -0.05) is 57.3 Å². The summed E-state index contributed by atoms with van der Waals surface area (Å²) in [5, 5.41) is 20.4. The first-order valence-corrected chi connectivity index (χ1v) is 15.2. The number of esters is 1. The molecule has 4 N–H and O–H groups in total. The van der Waals surface area contributed by atoms with Gasteiger partial charge in [0, 0.05) is 10.2 Å². The highest BCUT2D eigenvalue weighted by atomic mass is 79.9. The molecular weight excluding hydrogens is 691 g/mol. The minimum absolute atomic E-state index is 0.183. The van der Waals surface area contributed by atoms with E-state index in [0.29, 0.717) is 57.3 Å². The van der Waals surface area contributed by atoms with Crippen molar-refractivity contribution in [2.75, 3.05) is 20.3 Å². The SMILES string of the molecule is CCOc1cc([C@@H]2NC(=O)NC(C)=C2C(=O)OC)ccc1OC[C@H](O)N/N=C\c1cc(Cl)c(OCc2ccc(Br)cc2)c(Cl)c1. The molecule has 0 saturated carbocycles. The van der Waals surface area contributed by atoms with Gasteiger partial charge in [-0.15, -0.1) is 0 Å². The van der Waals surface area contributed by atoms with Crippen LogP contribution in [-0.2, 0) is 16.1 Å². The molecule has 2 atom stereocenters. The Morgan fingerprint density at radius 2 is 1.80 bits per heavy atom. The average molecular weight is 722 g/mol. The summed E-state index contributed by atoms with van der Waals surface area (Å²) >= 11 is 16.2. The lowest BCUT2D eigenvalue weighted by molar-refractivity contribution is -0.136. The number of hydrazone groups is 1. The van der Waals surface area contributed by atoms with Gasteiger partial charge in [0.05, 0.1) is 41.6 Å². The number of rotatable bonds is 13. The number of amides is 2. The fourth-order valence-electron chi connectivity index (χ4n) is 4.35. The number of halogens is 3. The predicted octanol–water partition coefficient (Wildman–Crippen LogP) is 5.86. The van der Waals surface area contributed by atoms with Crippen LogP contribution >= 0.6 is 39.1 Å². The number of aliphatic hydroxyl groups is 1. The van der Waals surface area contributed by atoms with Crippen LogP contribution in [0.4, 0.5) is 4.79 Å². The van der Waals surface area contributed by atoms with E-state index in [1.54, 1.807) is 44.2 Å². The van der Waals surface area contributed by atoms with Crippen molar-refractivity contribution in [2.24, 2.45) is 5.10 Å². The van der Waals surface area contributed by atoms with Crippen molar-refractivity contribution in [3.63, 3.8) is 0 Å². The van der Waals surface area contributed by atoms with E-state index in [1.807, 2.05) is 24.3 Å². The number of carbonyl (C=O) groups excluding carboxylic acids is 2. The molecule has 0 aromatic heterocycles. The standard InChI is InChI=1S/C31H31BrCl2N4O7/c1-4-43-25-13-20(28-27(30(40)42-3)17(2)36-31(41)37-28)7-10-24(25)44-16-26(39)38-35-14-19-11-22(33)29(23(34)12-19)45-15-18-5-8-21(32)9-6-18/h5-14,26,28,38-39H,4,15-16H2,1-3H3,(H2,36,37,41)/b35-14-/t26-,28-/m0/s1. The highest BCUT2D eigenvalue weighted by Gasteiger charge is 2.32. The van der Waals surface area contributed by atoms with Gasteiger partial charge < -0.3 is 34.7 Å². The molecule has 4 rings (SSSR count). The summed E-state index contributed by atoms with van der Waals surface area (Å²) in [6.07, 6.45) is 0.261. The van der Waals surface area contributed by atoms with Crippen molar-refractivity contribution in [1.82, 2.24) is 16.1 Å². The Balaban J connectivity index is 1.37. The van der Waals surface area contributed by atoms with Crippen LogP contribution in [-0.4, -0.2) is 49.9 Å². The smallest absolute Gasteiger partial charge is 0.337 e. The molecule has 3 aromatic carbocycles. The number of hydrogen-bond acceptors (Lipinski definition) is 9. The summed E-state index contributed by atoms with van der Waals surface area (Å²) in [6, 6.07) is 14.7. The quantitative estimate of drug-likeness (QED) is 0.0746. The van der Waals surface area contributed by atoms with Crippen molar-refractivity contribution in [3.05, 3.63) is 97.1 Å². The highest BCUT2D eigenvalue weighted by molar-refractivity contribution is 9.10. The molecular formula is C31H31BrCl2N4O7. The fraction of sp³-hybridized carbons (Fsp3) is 0.258. The average Bonchev–Trinajstić information content (AvgIpc) is 3.00. The molecule has 0 saturated heterocycles. The van der Waals surface area contributed by atoms with Gasteiger partial charge in [-0.25, -0.2) is 9.59 Å². The number of aliphatic hydroxyl groups excluding tert-OH is 1. The van der Waals surface area contributed by atoms with E-state index < -0.39 is 24.3 Å². The summed E-state index contributed by atoms with van der Waals surface area (Å²) in [7, 11) is 1.27. The van der Waals surface area contributed by atoms with Gasteiger partial charge in [0.1, 0.15) is 13.2 Å². The second-order valence-electron chi connectivity index (χ2n) is 9.64. The molecule has 14 heteroatoms. The zero-order chi connectivity index (χ0) is 32.5. The molecule has 1 heterocycles. The van der Waals surface area contributed by atoms with E-state index in [0.717, 1.165) is 10.0 Å². The lowest BCUT2D eigenvalue weighted by Crippen LogP contribution is -2.45. The van der Waals surface area contributed by atoms with Crippen LogP contribution in [0.25, 0.3) is 0 Å². The fourth-order valence-corrected chi connectivity index (χ4v) is 5.23. The van der Waals surface area contributed by atoms with E-state index >= 15 is 0 Å². The maximum atomic E-state index is 12.4. The molecule has 0 spiro atoms. The molecule has 1 aliphatic rings. The zero-order valence-electron chi connectivity index (χ0n) is 24.5. The van der Waals surface area contributed by atoms with E-state index in [2.05, 4.69) is 37.1 Å². The second-order valence-corrected chi connectivity index (χ2v) is 11.4. The Labute approximate surface area is 278 Å². The number of nitrogens with zero attached hydrogens (tertiary/aromatic N) is 1. The number of benzene rings is 3. The number of allylic oxidation sites excluding steroid dienone is 1. The van der Waals surface area contributed by atoms with Crippen LogP contribution in [0.15, 0.2) is 75.4 Å². The molecule has 45 heavy (non-hydrogen) atoms. The van der Waals surface area contributed by atoms with Crippen molar-refractivity contribution >= 4 is 57.3 Å². The minimum Gasteiger partial charge on any atom is -0.490 e. The maximum Gasteiger partial charge on any atom is 0.337 e. The molecule has 1 aliphatic heterocycles. The zero-order valence-corrected chi connectivity index (χ0v) is 27.6. The van der Waals surface area contributed by atoms with Crippen LogP contribution in [0.2, 0.25) is 10.0 Å². The van der Waals surface area contributed by atoms with E-state index in [1.165, 1.54) is 13.3 Å². The minimum atomic E-state index is -1.19. The van der Waals surface area contributed by atoms with E-state index in [-0.39, 0.29) is 12.2 Å². The van der Waals surface area contributed by atoms with Crippen LogP contribution in [0, 0.1) is 0 Å². The van der Waals surface area contributed by atoms with Crippen LogP contribution in [0.3, 0.4) is 0 Å². The first-order valence-electron chi connectivity index (χ1n) is 13.7. The molecule has 238 valence electrons. The van der Waals surface area contributed by atoms with E-state index in [4.69, 9.17) is 42.1 Å². The first kappa shape index (κ1) is 33.9. The molecule has 0 radical (unpaired) electrons. The number of nitrogens with one attached hydrogen (secondary N) is 3. The third-order valence-electron chi connectivity index (χ3n) is 6.43. The molecule has 0 fully saturated rings. The Bertz CT molecular complexity index is 1580. The van der Waals surface area contributed by atoms with Gasteiger partial charge in [0.25, 0.3) is 0 Å². The van der Waals surface area contributed by atoms with Gasteiger partial charge in [0.15, 0.2) is 23.5 Å². The Morgan fingerprint density at radius 1 is 1.09 bits per heavy atom. The van der Waals surface area contributed by atoms with E-state index in [9.17, 15) is 14.7 Å². The largest absolute Gasteiger partial charge is 0.490 e. The number of methoxy groups -OCH3 is 1. The Morgan fingerprint density at radius 3 is 2.47 bits per heavy atom. The second kappa shape index (κ2) is 15.8. The summed E-state index contributed by atoms with van der Waals surface area (Å²) < 4.78 is 23.2. The summed E-state index contributed by atoms with van der Waals surface area (Å²) in [5.41, 5.74) is 5.33. The van der Waals surface area contributed by atoms with Gasteiger partial charge in [-0.05, 0) is 66.9 Å². The Hall–Kier alpha value is -3.97. The number of carbonyl (C=O) groups is 2. The maximum absolute atomic E-state index is 12.4. The number of hydrogen-bond donors (Lipinski definition) is 4. The van der Waals surface area contributed by atoms with Crippen molar-refractivity contribution in [3.8, 4) is 17.2 Å². The van der Waals surface area contributed by atoms with Gasteiger partial charge in [-0.3, -0.25) is 5.43 Å². The molecule has 0 aliphatic carbocycles. The van der Waals surface area contributed by atoms with Crippen molar-refractivity contribution in [2.45, 2.75) is 32.7 Å². The monoisotopic (exact) mass is 720 g/mol.